The van der Waals surface area contributed by atoms with Crippen LogP contribution in [0.1, 0.15) is 25.5 Å². The lowest BCUT2D eigenvalue weighted by Crippen LogP contribution is -2.33. The highest BCUT2D eigenvalue weighted by Gasteiger charge is 2.14. The van der Waals surface area contributed by atoms with Crippen LogP contribution < -0.4 is 11.1 Å². The Kier molecular flexibility index (Phi) is 4.49. The van der Waals surface area contributed by atoms with Crippen LogP contribution in [-0.2, 0) is 0 Å². The first kappa shape index (κ1) is 13.2. The van der Waals surface area contributed by atoms with Gasteiger partial charge in [-0.25, -0.2) is 0 Å². The molecule has 1 saturated heterocycles. The minimum Gasteiger partial charge on any atom is -0.388 e. The molecule has 3 N–H and O–H groups in total. The number of nitrogens with one attached hydrogen (secondary N) is 1. The normalized spacial score (nSPS) is 17.6. The topological polar surface area (TPSA) is 54.2 Å². The molecular formula is C13H20N4S. The molecule has 1 aliphatic rings. The summed E-state index contributed by atoms with van der Waals surface area (Å²) in [4.78, 5) is 6.96. The average Bonchev–Trinajstić information content (AvgIpc) is 2.82. The number of nitrogens with zero attached hydrogens (tertiary/aromatic N) is 2. The second kappa shape index (κ2) is 6.11. The first-order valence-corrected chi connectivity index (χ1v) is 6.81. The van der Waals surface area contributed by atoms with Crippen molar-refractivity contribution in [2.24, 2.45) is 5.73 Å². The number of thiocarbonyl (C=S) groups is 1. The zero-order valence-electron chi connectivity index (χ0n) is 10.7. The second-order valence-electron chi connectivity index (χ2n) is 4.85. The van der Waals surface area contributed by atoms with Gasteiger partial charge in [0.25, 0.3) is 0 Å². The van der Waals surface area contributed by atoms with Crippen molar-refractivity contribution >= 4 is 22.9 Å². The summed E-state index contributed by atoms with van der Waals surface area (Å²) >= 11 is 4.93. The van der Waals surface area contributed by atoms with Gasteiger partial charge in [0.2, 0.25) is 0 Å². The van der Waals surface area contributed by atoms with Crippen molar-refractivity contribution in [2.75, 3.05) is 25.0 Å². The van der Waals surface area contributed by atoms with Crippen LogP contribution >= 0.6 is 12.2 Å². The van der Waals surface area contributed by atoms with Crippen LogP contribution in [0.2, 0.25) is 0 Å². The largest absolute Gasteiger partial charge is 0.388 e. The lowest BCUT2D eigenvalue weighted by Gasteiger charge is -2.22. The Morgan fingerprint density at radius 1 is 1.56 bits per heavy atom. The van der Waals surface area contributed by atoms with Gasteiger partial charge in [0.1, 0.15) is 4.99 Å². The quantitative estimate of drug-likeness (QED) is 0.791. The number of hydrogen-bond donors (Lipinski definition) is 2. The number of pyridine rings is 1. The molecule has 4 nitrogen and oxygen atoms in total. The summed E-state index contributed by atoms with van der Waals surface area (Å²) in [5, 5.41) is 3.47. The zero-order valence-corrected chi connectivity index (χ0v) is 11.5. The summed E-state index contributed by atoms with van der Waals surface area (Å²) in [7, 11) is 0. The Morgan fingerprint density at radius 2 is 2.28 bits per heavy atom. The molecule has 18 heavy (non-hydrogen) atoms. The van der Waals surface area contributed by atoms with E-state index in [2.05, 4.69) is 22.1 Å². The molecule has 98 valence electrons. The Morgan fingerprint density at radius 3 is 2.94 bits per heavy atom. The molecular weight excluding hydrogens is 244 g/mol. The van der Waals surface area contributed by atoms with Crippen molar-refractivity contribution in [1.29, 1.82) is 0 Å². The molecule has 5 heteroatoms. The second-order valence-corrected chi connectivity index (χ2v) is 5.29. The molecule has 0 radical (unpaired) electrons. The highest BCUT2D eigenvalue weighted by molar-refractivity contribution is 7.80. The van der Waals surface area contributed by atoms with Gasteiger partial charge in [-0.05, 0) is 45.0 Å². The molecule has 0 spiro atoms. The highest BCUT2D eigenvalue weighted by atomic mass is 32.1. The lowest BCUT2D eigenvalue weighted by molar-refractivity contribution is 0.328. The van der Waals surface area contributed by atoms with Crippen LogP contribution in [0.3, 0.4) is 0 Å². The van der Waals surface area contributed by atoms with Gasteiger partial charge in [-0.2, -0.15) is 0 Å². The third-order valence-electron chi connectivity index (χ3n) is 3.16. The Hall–Kier alpha value is -1.20. The van der Waals surface area contributed by atoms with Gasteiger partial charge in [0.05, 0.1) is 5.69 Å². The predicted molar refractivity (Wildman–Crippen MR) is 78.9 cm³/mol. The van der Waals surface area contributed by atoms with Crippen molar-refractivity contribution in [3.05, 3.63) is 24.0 Å². The van der Waals surface area contributed by atoms with Gasteiger partial charge in [-0.3, -0.25) is 4.98 Å². The van der Waals surface area contributed by atoms with Crippen LogP contribution in [0, 0.1) is 0 Å². The maximum Gasteiger partial charge on any atom is 0.122 e. The van der Waals surface area contributed by atoms with E-state index in [-0.39, 0.29) is 0 Å². The number of rotatable bonds is 5. The van der Waals surface area contributed by atoms with Crippen LogP contribution in [0.25, 0.3) is 0 Å². The van der Waals surface area contributed by atoms with E-state index in [0.29, 0.717) is 16.7 Å². The molecule has 2 rings (SSSR count). The molecule has 1 fully saturated rings. The lowest BCUT2D eigenvalue weighted by atomic mass is 10.2. The van der Waals surface area contributed by atoms with Crippen molar-refractivity contribution in [1.82, 2.24) is 9.88 Å². The third kappa shape index (κ3) is 3.65. The SMILES string of the molecule is CC(CN1CCCC1)Nc1ccnc(C(N)=S)c1. The van der Waals surface area contributed by atoms with Crippen molar-refractivity contribution in [3.63, 3.8) is 0 Å². The molecule has 1 unspecified atom stereocenters. The summed E-state index contributed by atoms with van der Waals surface area (Å²) in [5.74, 6) is 0. The van der Waals surface area contributed by atoms with Gasteiger partial charge in [0, 0.05) is 24.5 Å². The van der Waals surface area contributed by atoms with E-state index >= 15 is 0 Å². The van der Waals surface area contributed by atoms with E-state index in [9.17, 15) is 0 Å². The summed E-state index contributed by atoms with van der Waals surface area (Å²) in [6.07, 6.45) is 4.39. The van der Waals surface area contributed by atoms with Crippen molar-refractivity contribution in [3.8, 4) is 0 Å². The summed E-state index contributed by atoms with van der Waals surface area (Å²) in [5.41, 5.74) is 7.28. The molecule has 0 saturated carbocycles. The van der Waals surface area contributed by atoms with E-state index in [1.165, 1.54) is 25.9 Å². The standard InChI is InChI=1S/C13H20N4S/c1-10(9-17-6-2-3-7-17)16-11-4-5-15-12(8-11)13(14)18/h4-5,8,10H,2-3,6-7,9H2,1H3,(H2,14,18)(H,15,16). The van der Waals surface area contributed by atoms with Crippen LogP contribution in [0.4, 0.5) is 5.69 Å². The van der Waals surface area contributed by atoms with Gasteiger partial charge in [0.15, 0.2) is 0 Å². The molecule has 1 aromatic heterocycles. The van der Waals surface area contributed by atoms with Gasteiger partial charge in [-0.15, -0.1) is 0 Å². The fourth-order valence-corrected chi connectivity index (χ4v) is 2.45. The van der Waals surface area contributed by atoms with E-state index in [1.54, 1.807) is 6.20 Å². The number of nitrogens with two attached hydrogens (primary N) is 1. The summed E-state index contributed by atoms with van der Waals surface area (Å²) in [6.45, 7) is 5.71. The molecule has 0 aliphatic carbocycles. The van der Waals surface area contributed by atoms with Gasteiger partial charge >= 0.3 is 0 Å². The van der Waals surface area contributed by atoms with E-state index < -0.39 is 0 Å². The highest BCUT2D eigenvalue weighted by Crippen LogP contribution is 2.12. The minimum atomic E-state index is 0.339. The molecule has 0 aromatic carbocycles. The number of aromatic nitrogens is 1. The molecule has 0 bridgehead atoms. The zero-order chi connectivity index (χ0) is 13.0. The Balaban J connectivity index is 1.91. The van der Waals surface area contributed by atoms with Gasteiger partial charge in [-0.1, -0.05) is 12.2 Å². The van der Waals surface area contributed by atoms with E-state index in [0.717, 1.165) is 12.2 Å². The number of anilines is 1. The fourth-order valence-electron chi connectivity index (χ4n) is 2.34. The van der Waals surface area contributed by atoms with Crippen LogP contribution in [-0.4, -0.2) is 40.5 Å². The van der Waals surface area contributed by atoms with E-state index in [4.69, 9.17) is 18.0 Å². The van der Waals surface area contributed by atoms with Crippen molar-refractivity contribution < 1.29 is 0 Å². The number of hydrogen-bond acceptors (Lipinski definition) is 4. The Bertz CT molecular complexity index is 415. The maximum absolute atomic E-state index is 5.58. The van der Waals surface area contributed by atoms with Gasteiger partial charge < -0.3 is 16.0 Å². The first-order valence-electron chi connectivity index (χ1n) is 6.40. The molecule has 1 aromatic rings. The number of likely N-dealkylation sites (tertiary alicyclic amines) is 1. The van der Waals surface area contributed by atoms with Crippen LogP contribution in [0.5, 0.6) is 0 Å². The van der Waals surface area contributed by atoms with Crippen LogP contribution in [0.15, 0.2) is 18.3 Å². The minimum absolute atomic E-state index is 0.339. The molecule has 2 heterocycles. The third-order valence-corrected chi connectivity index (χ3v) is 3.37. The predicted octanol–water partition coefficient (Wildman–Crippen LogP) is 1.61. The molecule has 1 atom stereocenters. The fraction of sp³-hybridized carbons (Fsp3) is 0.538. The smallest absolute Gasteiger partial charge is 0.122 e. The maximum atomic E-state index is 5.58. The first-order chi connectivity index (χ1) is 8.65. The van der Waals surface area contributed by atoms with Crippen molar-refractivity contribution in [2.45, 2.75) is 25.8 Å². The average molecular weight is 264 g/mol. The Labute approximate surface area is 114 Å². The monoisotopic (exact) mass is 264 g/mol. The van der Waals surface area contributed by atoms with E-state index in [1.807, 2.05) is 12.1 Å². The summed E-state index contributed by atoms with van der Waals surface area (Å²) in [6, 6.07) is 4.26. The molecule has 1 aliphatic heterocycles. The summed E-state index contributed by atoms with van der Waals surface area (Å²) < 4.78 is 0. The molecule has 0 amide bonds.